The normalized spacial score (nSPS) is 11.9. The third-order valence-corrected chi connectivity index (χ3v) is 3.83. The molecule has 0 aliphatic carbocycles. The molecule has 108 valence electrons. The highest BCUT2D eigenvalue weighted by Crippen LogP contribution is 2.19. The van der Waals surface area contributed by atoms with Crippen LogP contribution in [-0.2, 0) is 6.54 Å². The number of halogens is 1. The van der Waals surface area contributed by atoms with E-state index < -0.39 is 6.10 Å². The molecule has 1 atom stereocenters. The number of nitriles is 1. The first kappa shape index (κ1) is 15.7. The van der Waals surface area contributed by atoms with Crippen LogP contribution in [0.1, 0.15) is 29.2 Å². The number of rotatable bonds is 6. The lowest BCUT2D eigenvalue weighted by Gasteiger charge is -2.12. The van der Waals surface area contributed by atoms with Crippen LogP contribution in [0.4, 0.5) is 0 Å². The Morgan fingerprint density at radius 3 is 2.57 bits per heavy atom. The van der Waals surface area contributed by atoms with Crippen molar-refractivity contribution in [2.75, 3.05) is 6.54 Å². The summed E-state index contributed by atoms with van der Waals surface area (Å²) in [6.45, 7) is 1.33. The van der Waals surface area contributed by atoms with Crippen molar-refractivity contribution in [3.8, 4) is 6.07 Å². The summed E-state index contributed by atoms with van der Waals surface area (Å²) in [5.41, 5.74) is 2.59. The summed E-state index contributed by atoms with van der Waals surface area (Å²) in [6.07, 6.45) is 0.160. The standard InChI is InChI=1S/C17H17BrN2O/c18-16-7-5-13(6-8-16)17(21)9-10-20-12-15-4-2-1-3-14(15)11-19/h1-8,17,20-21H,9-10,12H2. The van der Waals surface area contributed by atoms with E-state index in [9.17, 15) is 5.11 Å². The van der Waals surface area contributed by atoms with Crippen LogP contribution in [0.5, 0.6) is 0 Å². The number of nitrogens with one attached hydrogen (secondary N) is 1. The maximum Gasteiger partial charge on any atom is 0.0995 e. The van der Waals surface area contributed by atoms with Crippen LogP contribution in [0.25, 0.3) is 0 Å². The molecule has 0 radical (unpaired) electrons. The summed E-state index contributed by atoms with van der Waals surface area (Å²) in [5, 5.41) is 22.4. The first-order chi connectivity index (χ1) is 10.2. The van der Waals surface area contributed by atoms with Gasteiger partial charge in [0.1, 0.15) is 0 Å². The summed E-state index contributed by atoms with van der Waals surface area (Å²) in [5.74, 6) is 0. The van der Waals surface area contributed by atoms with Gasteiger partial charge in [-0.3, -0.25) is 0 Å². The second kappa shape index (κ2) is 7.94. The molecule has 2 aromatic carbocycles. The molecule has 0 amide bonds. The molecule has 0 heterocycles. The van der Waals surface area contributed by atoms with Crippen molar-refractivity contribution in [1.82, 2.24) is 5.32 Å². The van der Waals surface area contributed by atoms with Gasteiger partial charge in [-0.05, 0) is 42.3 Å². The smallest absolute Gasteiger partial charge is 0.0995 e. The maximum atomic E-state index is 10.1. The minimum absolute atomic E-state index is 0.475. The average Bonchev–Trinajstić information content (AvgIpc) is 2.52. The minimum Gasteiger partial charge on any atom is -0.388 e. The van der Waals surface area contributed by atoms with Gasteiger partial charge in [-0.15, -0.1) is 0 Å². The highest BCUT2D eigenvalue weighted by Gasteiger charge is 2.07. The Morgan fingerprint density at radius 2 is 1.86 bits per heavy atom. The van der Waals surface area contributed by atoms with Crippen LogP contribution in [0.2, 0.25) is 0 Å². The highest BCUT2D eigenvalue weighted by molar-refractivity contribution is 9.10. The first-order valence-electron chi connectivity index (χ1n) is 6.83. The third-order valence-electron chi connectivity index (χ3n) is 3.30. The Bertz CT molecular complexity index is 619. The molecule has 0 aliphatic heterocycles. The second-order valence-corrected chi connectivity index (χ2v) is 5.72. The van der Waals surface area contributed by atoms with Gasteiger partial charge in [-0.25, -0.2) is 0 Å². The summed E-state index contributed by atoms with van der Waals surface area (Å²) >= 11 is 3.38. The lowest BCUT2D eigenvalue weighted by atomic mass is 10.1. The average molecular weight is 345 g/mol. The number of hydrogen-bond donors (Lipinski definition) is 2. The SMILES string of the molecule is N#Cc1ccccc1CNCCC(O)c1ccc(Br)cc1. The van der Waals surface area contributed by atoms with E-state index in [1.807, 2.05) is 48.5 Å². The second-order valence-electron chi connectivity index (χ2n) is 4.80. The Hall–Kier alpha value is -1.67. The van der Waals surface area contributed by atoms with Gasteiger partial charge >= 0.3 is 0 Å². The van der Waals surface area contributed by atoms with E-state index in [1.165, 1.54) is 0 Å². The molecule has 0 saturated carbocycles. The largest absolute Gasteiger partial charge is 0.388 e. The zero-order valence-electron chi connectivity index (χ0n) is 11.6. The predicted octanol–water partition coefficient (Wildman–Crippen LogP) is 3.53. The van der Waals surface area contributed by atoms with E-state index in [0.29, 0.717) is 25.1 Å². The van der Waals surface area contributed by atoms with Crippen LogP contribution >= 0.6 is 15.9 Å². The van der Waals surface area contributed by atoms with Crippen molar-refractivity contribution >= 4 is 15.9 Å². The lowest BCUT2D eigenvalue weighted by Crippen LogP contribution is -2.17. The maximum absolute atomic E-state index is 10.1. The van der Waals surface area contributed by atoms with E-state index in [1.54, 1.807) is 0 Å². The fraction of sp³-hybridized carbons (Fsp3) is 0.235. The van der Waals surface area contributed by atoms with E-state index in [4.69, 9.17) is 5.26 Å². The molecule has 3 nitrogen and oxygen atoms in total. The molecule has 4 heteroatoms. The monoisotopic (exact) mass is 344 g/mol. The third kappa shape index (κ3) is 4.68. The number of aliphatic hydroxyl groups is 1. The fourth-order valence-electron chi connectivity index (χ4n) is 2.10. The van der Waals surface area contributed by atoms with Crippen LogP contribution in [0, 0.1) is 11.3 Å². The van der Waals surface area contributed by atoms with E-state index in [-0.39, 0.29) is 0 Å². The molecule has 0 bridgehead atoms. The molecular formula is C17H17BrN2O. The molecule has 0 aliphatic rings. The van der Waals surface area contributed by atoms with Crippen molar-refractivity contribution in [3.05, 3.63) is 69.7 Å². The molecule has 2 N–H and O–H groups in total. The first-order valence-corrected chi connectivity index (χ1v) is 7.62. The molecule has 2 aromatic rings. The van der Waals surface area contributed by atoms with Gasteiger partial charge in [-0.1, -0.05) is 46.3 Å². The van der Waals surface area contributed by atoms with Gasteiger partial charge in [0.25, 0.3) is 0 Å². The van der Waals surface area contributed by atoms with Gasteiger partial charge in [0.2, 0.25) is 0 Å². The van der Waals surface area contributed by atoms with Gasteiger partial charge in [-0.2, -0.15) is 5.26 Å². The summed E-state index contributed by atoms with van der Waals surface area (Å²) in [7, 11) is 0. The Kier molecular flexibility index (Phi) is 5.94. The quantitative estimate of drug-likeness (QED) is 0.788. The fourth-order valence-corrected chi connectivity index (χ4v) is 2.36. The zero-order valence-corrected chi connectivity index (χ0v) is 13.2. The minimum atomic E-state index is -0.475. The predicted molar refractivity (Wildman–Crippen MR) is 86.6 cm³/mol. The van der Waals surface area contributed by atoms with Crippen molar-refractivity contribution in [3.63, 3.8) is 0 Å². The van der Waals surface area contributed by atoms with Crippen molar-refractivity contribution in [1.29, 1.82) is 5.26 Å². The molecular weight excluding hydrogens is 328 g/mol. The molecule has 2 rings (SSSR count). The summed E-state index contributed by atoms with van der Waals surface area (Å²) < 4.78 is 1.00. The number of nitrogens with zero attached hydrogens (tertiary/aromatic N) is 1. The van der Waals surface area contributed by atoms with E-state index in [2.05, 4.69) is 27.3 Å². The van der Waals surface area contributed by atoms with Gasteiger partial charge in [0.05, 0.1) is 17.7 Å². The number of aliphatic hydroxyl groups excluding tert-OH is 1. The van der Waals surface area contributed by atoms with Crippen LogP contribution in [0.15, 0.2) is 53.0 Å². The molecule has 0 aromatic heterocycles. The molecule has 21 heavy (non-hydrogen) atoms. The number of benzene rings is 2. The Labute approximate surface area is 133 Å². The van der Waals surface area contributed by atoms with Crippen LogP contribution in [-0.4, -0.2) is 11.7 Å². The Morgan fingerprint density at radius 1 is 1.14 bits per heavy atom. The van der Waals surface area contributed by atoms with Crippen molar-refractivity contribution in [2.24, 2.45) is 0 Å². The molecule has 0 spiro atoms. The zero-order chi connectivity index (χ0) is 15.1. The molecule has 0 fully saturated rings. The highest BCUT2D eigenvalue weighted by atomic mass is 79.9. The lowest BCUT2D eigenvalue weighted by molar-refractivity contribution is 0.166. The van der Waals surface area contributed by atoms with Crippen LogP contribution in [0.3, 0.4) is 0 Å². The molecule has 0 saturated heterocycles. The molecule has 1 unspecified atom stereocenters. The Balaban J connectivity index is 1.79. The topological polar surface area (TPSA) is 56.0 Å². The van der Waals surface area contributed by atoms with Gasteiger partial charge in [0.15, 0.2) is 0 Å². The van der Waals surface area contributed by atoms with E-state index in [0.717, 1.165) is 15.6 Å². The van der Waals surface area contributed by atoms with Crippen LogP contribution < -0.4 is 5.32 Å². The number of hydrogen-bond acceptors (Lipinski definition) is 3. The summed E-state index contributed by atoms with van der Waals surface area (Å²) in [6, 6.07) is 17.4. The summed E-state index contributed by atoms with van der Waals surface area (Å²) in [4.78, 5) is 0. The van der Waals surface area contributed by atoms with Crippen molar-refractivity contribution in [2.45, 2.75) is 19.1 Å². The van der Waals surface area contributed by atoms with Gasteiger partial charge in [0, 0.05) is 11.0 Å². The van der Waals surface area contributed by atoms with Crippen molar-refractivity contribution < 1.29 is 5.11 Å². The van der Waals surface area contributed by atoms with E-state index >= 15 is 0 Å². The van der Waals surface area contributed by atoms with Gasteiger partial charge < -0.3 is 10.4 Å².